The Morgan fingerprint density at radius 1 is 1.03 bits per heavy atom. The summed E-state index contributed by atoms with van der Waals surface area (Å²) in [5.74, 6) is 1.66. The van der Waals surface area contributed by atoms with Gasteiger partial charge in [0.2, 0.25) is 0 Å². The van der Waals surface area contributed by atoms with Crippen LogP contribution in [0.1, 0.15) is 13.3 Å². The number of anilines is 2. The Labute approximate surface area is 179 Å². The lowest BCUT2D eigenvalue weighted by atomic mass is 10.1. The first-order valence-electron chi connectivity index (χ1n) is 10.0. The van der Waals surface area contributed by atoms with Crippen LogP contribution in [0.25, 0.3) is 0 Å². The number of nitrogens with one attached hydrogen (secondary N) is 2. The summed E-state index contributed by atoms with van der Waals surface area (Å²) in [6.45, 7) is 3.62. The number of nitrogens with zero attached hydrogens (tertiary/aromatic N) is 2. The summed E-state index contributed by atoms with van der Waals surface area (Å²) in [6.07, 6.45) is 0.0958. The Balaban J connectivity index is 2.30. The average Bonchev–Trinajstić information content (AvgIpc) is 2.75. The van der Waals surface area contributed by atoms with E-state index in [4.69, 9.17) is 14.2 Å². The van der Waals surface area contributed by atoms with Crippen LogP contribution in [-0.2, 0) is 0 Å². The van der Waals surface area contributed by atoms with Gasteiger partial charge in [0.25, 0.3) is 0 Å². The molecule has 0 amide bonds. The van der Waals surface area contributed by atoms with Gasteiger partial charge in [-0.1, -0.05) is 25.1 Å². The standard InChI is InChI=1S/C23H32N4O3/c1-6-17(16-24)23(30-18-10-8-7-9-11-18)26-20-15-21(28-4)19(14-22(20)29-5)25-12-13-27(2)3/h7-11,14-15,17,23,25-26H,6,12-13H2,1-5H3. The number of hydrogen-bond donors (Lipinski definition) is 2. The molecule has 7 nitrogen and oxygen atoms in total. The van der Waals surface area contributed by atoms with Crippen LogP contribution >= 0.6 is 0 Å². The van der Waals surface area contributed by atoms with Crippen LogP contribution in [0.4, 0.5) is 11.4 Å². The van der Waals surface area contributed by atoms with Gasteiger partial charge in [0.05, 0.1) is 31.7 Å². The van der Waals surface area contributed by atoms with Crippen molar-refractivity contribution >= 4 is 11.4 Å². The molecule has 0 radical (unpaired) electrons. The van der Waals surface area contributed by atoms with Crippen LogP contribution in [0, 0.1) is 17.2 Å². The molecule has 2 N–H and O–H groups in total. The Morgan fingerprint density at radius 3 is 2.23 bits per heavy atom. The van der Waals surface area contributed by atoms with E-state index in [1.54, 1.807) is 14.2 Å². The highest BCUT2D eigenvalue weighted by Crippen LogP contribution is 2.37. The minimum Gasteiger partial charge on any atom is -0.495 e. The molecule has 2 unspecified atom stereocenters. The summed E-state index contributed by atoms with van der Waals surface area (Å²) in [5.41, 5.74) is 1.54. The quantitative estimate of drug-likeness (QED) is 0.509. The number of ether oxygens (including phenoxy) is 3. The molecule has 0 bridgehead atoms. The van der Waals surface area contributed by atoms with E-state index < -0.39 is 6.23 Å². The first-order valence-corrected chi connectivity index (χ1v) is 10.0. The normalized spacial score (nSPS) is 12.6. The molecule has 0 heterocycles. The van der Waals surface area contributed by atoms with E-state index in [-0.39, 0.29) is 5.92 Å². The van der Waals surface area contributed by atoms with Gasteiger partial charge >= 0.3 is 0 Å². The Hall–Kier alpha value is -3.11. The largest absolute Gasteiger partial charge is 0.495 e. The Bertz CT molecular complexity index is 821. The lowest BCUT2D eigenvalue weighted by molar-refractivity contribution is 0.184. The number of hydrogen-bond acceptors (Lipinski definition) is 7. The topological polar surface area (TPSA) is 78.8 Å². The van der Waals surface area contributed by atoms with Crippen LogP contribution in [0.3, 0.4) is 0 Å². The first kappa shape index (κ1) is 23.2. The molecule has 2 aromatic rings. The molecule has 2 rings (SSSR count). The molecular formula is C23H32N4O3. The van der Waals surface area contributed by atoms with E-state index in [1.165, 1.54) is 0 Å². The molecule has 0 aliphatic rings. The number of benzene rings is 2. The van der Waals surface area contributed by atoms with E-state index >= 15 is 0 Å². The van der Waals surface area contributed by atoms with Crippen LogP contribution in [-0.4, -0.2) is 52.5 Å². The van der Waals surface area contributed by atoms with Crippen LogP contribution in [0.2, 0.25) is 0 Å². The fourth-order valence-corrected chi connectivity index (χ4v) is 2.95. The van der Waals surface area contributed by atoms with E-state index in [2.05, 4.69) is 21.6 Å². The van der Waals surface area contributed by atoms with Gasteiger partial charge in [-0.2, -0.15) is 5.26 Å². The van der Waals surface area contributed by atoms with Crippen molar-refractivity contribution in [1.82, 2.24) is 4.90 Å². The van der Waals surface area contributed by atoms with E-state index in [9.17, 15) is 5.26 Å². The zero-order valence-corrected chi connectivity index (χ0v) is 18.4. The molecule has 0 aromatic heterocycles. The second kappa shape index (κ2) is 11.8. The number of likely N-dealkylation sites (N-methyl/N-ethyl adjacent to an activating group) is 1. The fourth-order valence-electron chi connectivity index (χ4n) is 2.95. The maximum atomic E-state index is 9.63. The summed E-state index contributed by atoms with van der Waals surface area (Å²) in [7, 11) is 7.30. The van der Waals surface area contributed by atoms with Gasteiger partial charge in [0.1, 0.15) is 23.2 Å². The fraction of sp³-hybridized carbons (Fsp3) is 0.435. The predicted octanol–water partition coefficient (Wildman–Crippen LogP) is 4.04. The molecule has 0 fully saturated rings. The maximum absolute atomic E-state index is 9.63. The summed E-state index contributed by atoms with van der Waals surface area (Å²) < 4.78 is 17.3. The Kier molecular flexibility index (Phi) is 9.10. The van der Waals surface area contributed by atoms with Crippen LogP contribution in [0.5, 0.6) is 17.2 Å². The van der Waals surface area contributed by atoms with E-state index in [1.807, 2.05) is 63.5 Å². The van der Waals surface area contributed by atoms with Crippen molar-refractivity contribution < 1.29 is 14.2 Å². The maximum Gasteiger partial charge on any atom is 0.186 e. The van der Waals surface area contributed by atoms with Gasteiger partial charge in [-0.3, -0.25) is 0 Å². The van der Waals surface area contributed by atoms with Crippen molar-refractivity contribution in [2.45, 2.75) is 19.6 Å². The van der Waals surface area contributed by atoms with Crippen molar-refractivity contribution in [3.8, 4) is 23.3 Å². The highest BCUT2D eigenvalue weighted by Gasteiger charge is 2.24. The molecule has 0 saturated carbocycles. The molecule has 162 valence electrons. The molecule has 30 heavy (non-hydrogen) atoms. The van der Waals surface area contributed by atoms with E-state index in [0.29, 0.717) is 29.4 Å². The molecule has 2 atom stereocenters. The number of para-hydroxylation sites is 1. The highest BCUT2D eigenvalue weighted by atomic mass is 16.5. The second-order valence-corrected chi connectivity index (χ2v) is 7.12. The molecule has 0 aliphatic heterocycles. The smallest absolute Gasteiger partial charge is 0.186 e. The van der Waals surface area contributed by atoms with Gasteiger partial charge in [0, 0.05) is 25.2 Å². The highest BCUT2D eigenvalue weighted by molar-refractivity contribution is 5.71. The van der Waals surface area contributed by atoms with Crippen molar-refractivity contribution in [2.24, 2.45) is 5.92 Å². The lowest BCUT2D eigenvalue weighted by Gasteiger charge is -2.26. The first-order chi connectivity index (χ1) is 14.5. The summed E-state index contributed by atoms with van der Waals surface area (Å²) in [6, 6.07) is 15.6. The molecule has 0 saturated heterocycles. The predicted molar refractivity (Wildman–Crippen MR) is 120 cm³/mol. The van der Waals surface area contributed by atoms with Gasteiger partial charge < -0.3 is 29.7 Å². The molecular weight excluding hydrogens is 380 g/mol. The summed E-state index contributed by atoms with van der Waals surface area (Å²) in [5, 5.41) is 16.3. The third kappa shape index (κ3) is 6.46. The van der Waals surface area contributed by atoms with Crippen molar-refractivity contribution in [3.63, 3.8) is 0 Å². The molecule has 0 aliphatic carbocycles. The van der Waals surface area contributed by atoms with E-state index in [0.717, 1.165) is 18.8 Å². The SMILES string of the molecule is CCC(C#N)C(Nc1cc(OC)c(NCCN(C)C)cc1OC)Oc1ccccc1. The van der Waals surface area contributed by atoms with Crippen molar-refractivity contribution in [3.05, 3.63) is 42.5 Å². The zero-order chi connectivity index (χ0) is 21.9. The minimum absolute atomic E-state index is 0.348. The van der Waals surface area contributed by atoms with Gasteiger partial charge in [0.15, 0.2) is 6.23 Å². The Morgan fingerprint density at radius 2 is 1.67 bits per heavy atom. The van der Waals surface area contributed by atoms with Gasteiger partial charge in [-0.05, 0) is 32.6 Å². The number of rotatable bonds is 12. The lowest BCUT2D eigenvalue weighted by Crippen LogP contribution is -2.34. The third-order valence-corrected chi connectivity index (χ3v) is 4.67. The van der Waals surface area contributed by atoms with Gasteiger partial charge in [-0.15, -0.1) is 0 Å². The number of nitriles is 1. The average molecular weight is 413 g/mol. The summed E-state index contributed by atoms with van der Waals surface area (Å²) in [4.78, 5) is 2.10. The van der Waals surface area contributed by atoms with Crippen molar-refractivity contribution in [2.75, 3.05) is 52.0 Å². The van der Waals surface area contributed by atoms with Crippen molar-refractivity contribution in [1.29, 1.82) is 5.26 Å². The third-order valence-electron chi connectivity index (χ3n) is 4.67. The second-order valence-electron chi connectivity index (χ2n) is 7.12. The molecule has 0 spiro atoms. The zero-order valence-electron chi connectivity index (χ0n) is 18.4. The summed E-state index contributed by atoms with van der Waals surface area (Å²) >= 11 is 0. The monoisotopic (exact) mass is 412 g/mol. The molecule has 2 aromatic carbocycles. The minimum atomic E-state index is -0.548. The van der Waals surface area contributed by atoms with Crippen LogP contribution < -0.4 is 24.8 Å². The molecule has 7 heteroatoms. The van der Waals surface area contributed by atoms with Crippen LogP contribution in [0.15, 0.2) is 42.5 Å². The number of methoxy groups -OCH3 is 2. The van der Waals surface area contributed by atoms with Gasteiger partial charge in [-0.25, -0.2) is 0 Å².